The Hall–Kier alpha value is -2.91. The number of hydrogen-bond donors (Lipinski definition) is 1. The molecule has 1 heterocycles. The molecule has 1 aromatic carbocycles. The second-order valence-corrected chi connectivity index (χ2v) is 4.83. The Kier molecular flexibility index (Phi) is 5.40. The number of halogens is 5. The van der Waals surface area contributed by atoms with Crippen LogP contribution in [0.2, 0.25) is 0 Å². The van der Waals surface area contributed by atoms with Crippen LogP contribution in [-0.2, 0) is 17.5 Å². The molecule has 0 fully saturated rings. The highest BCUT2D eigenvalue weighted by Gasteiger charge is 2.31. The predicted molar refractivity (Wildman–Crippen MR) is 77.4 cm³/mol. The Bertz CT molecular complexity index is 800. The summed E-state index contributed by atoms with van der Waals surface area (Å²) in [5.74, 6) is -0.883. The van der Waals surface area contributed by atoms with Crippen LogP contribution >= 0.6 is 0 Å². The summed E-state index contributed by atoms with van der Waals surface area (Å²) in [5.41, 5.74) is -1.64. The number of hydrogen-bond acceptors (Lipinski definition) is 3. The molecule has 0 bridgehead atoms. The van der Waals surface area contributed by atoms with Gasteiger partial charge in [0.25, 0.3) is 5.56 Å². The first-order valence-corrected chi connectivity index (χ1v) is 6.77. The highest BCUT2D eigenvalue weighted by atomic mass is 19.4. The molecule has 0 aliphatic rings. The highest BCUT2D eigenvalue weighted by molar-refractivity contribution is 5.90. The zero-order valence-corrected chi connectivity index (χ0v) is 12.4. The van der Waals surface area contributed by atoms with Crippen LogP contribution in [0.1, 0.15) is 5.56 Å². The minimum atomic E-state index is -4.65. The van der Waals surface area contributed by atoms with E-state index in [1.54, 1.807) is 0 Å². The van der Waals surface area contributed by atoms with Crippen molar-refractivity contribution < 1.29 is 31.5 Å². The molecule has 25 heavy (non-hydrogen) atoms. The molecule has 1 aromatic heterocycles. The van der Waals surface area contributed by atoms with Crippen LogP contribution < -0.4 is 15.6 Å². The van der Waals surface area contributed by atoms with Crippen LogP contribution in [0.25, 0.3) is 0 Å². The number of alkyl halides is 5. The van der Waals surface area contributed by atoms with Gasteiger partial charge in [-0.2, -0.15) is 22.0 Å². The Labute approximate surface area is 137 Å². The second kappa shape index (κ2) is 7.32. The number of anilines is 1. The largest absolute Gasteiger partial charge is 0.435 e. The van der Waals surface area contributed by atoms with Crippen molar-refractivity contribution in [3.05, 3.63) is 58.5 Å². The molecule has 0 atom stereocenters. The van der Waals surface area contributed by atoms with Crippen molar-refractivity contribution in [2.24, 2.45) is 0 Å². The van der Waals surface area contributed by atoms with Gasteiger partial charge in [-0.25, -0.2) is 0 Å². The summed E-state index contributed by atoms with van der Waals surface area (Å²) in [6.07, 6.45) is -4.10. The summed E-state index contributed by atoms with van der Waals surface area (Å²) in [5, 5.41) is 2.33. The molecular formula is C15H11F5N2O3. The van der Waals surface area contributed by atoms with E-state index in [4.69, 9.17) is 0 Å². The number of carbonyl (C=O) groups excluding carboxylic acids is 1. The van der Waals surface area contributed by atoms with E-state index in [1.165, 1.54) is 24.3 Å². The Morgan fingerprint density at radius 2 is 1.76 bits per heavy atom. The standard InChI is InChI=1S/C15H11F5N2O3/c16-14(17)25-11-4-2-10(3-5-11)21-12(23)8-22-7-9(15(18,19)20)1-6-13(22)24/h1-7,14H,8H2,(H,21,23). The Morgan fingerprint density at radius 1 is 1.12 bits per heavy atom. The van der Waals surface area contributed by atoms with Crippen molar-refractivity contribution in [1.82, 2.24) is 4.57 Å². The van der Waals surface area contributed by atoms with Gasteiger partial charge >= 0.3 is 12.8 Å². The number of nitrogens with zero attached hydrogens (tertiary/aromatic N) is 1. The van der Waals surface area contributed by atoms with Gasteiger partial charge in [-0.3, -0.25) is 9.59 Å². The van der Waals surface area contributed by atoms with Crippen molar-refractivity contribution in [2.45, 2.75) is 19.3 Å². The minimum Gasteiger partial charge on any atom is -0.435 e. The summed E-state index contributed by atoms with van der Waals surface area (Å²) in [6, 6.07) is 6.23. The number of pyridine rings is 1. The minimum absolute atomic E-state index is 0.123. The van der Waals surface area contributed by atoms with Crippen molar-refractivity contribution in [1.29, 1.82) is 0 Å². The lowest BCUT2D eigenvalue weighted by Gasteiger charge is -2.11. The lowest BCUT2D eigenvalue weighted by Crippen LogP contribution is -2.28. The topological polar surface area (TPSA) is 60.3 Å². The van der Waals surface area contributed by atoms with Gasteiger partial charge in [0.1, 0.15) is 12.3 Å². The molecule has 0 aliphatic heterocycles. The molecule has 2 aromatic rings. The molecular weight excluding hydrogens is 351 g/mol. The van der Waals surface area contributed by atoms with E-state index in [9.17, 15) is 31.5 Å². The third-order valence-corrected chi connectivity index (χ3v) is 2.99. The van der Waals surface area contributed by atoms with Crippen LogP contribution in [0.3, 0.4) is 0 Å². The smallest absolute Gasteiger partial charge is 0.417 e. The quantitative estimate of drug-likeness (QED) is 0.832. The maximum atomic E-state index is 12.6. The van der Waals surface area contributed by atoms with E-state index in [-0.39, 0.29) is 11.4 Å². The molecule has 1 amide bonds. The molecule has 0 unspecified atom stereocenters. The monoisotopic (exact) mass is 362 g/mol. The maximum Gasteiger partial charge on any atom is 0.417 e. The summed E-state index contributed by atoms with van der Waals surface area (Å²) in [4.78, 5) is 23.4. The van der Waals surface area contributed by atoms with E-state index >= 15 is 0 Å². The third kappa shape index (κ3) is 5.30. The first kappa shape index (κ1) is 18.4. The summed E-state index contributed by atoms with van der Waals surface area (Å²) in [6.45, 7) is -3.63. The Morgan fingerprint density at radius 3 is 2.32 bits per heavy atom. The van der Waals surface area contributed by atoms with Gasteiger partial charge in [0, 0.05) is 18.0 Å². The molecule has 5 nitrogen and oxygen atoms in total. The number of amides is 1. The molecule has 1 N–H and O–H groups in total. The van der Waals surface area contributed by atoms with Gasteiger partial charge in [-0.05, 0) is 30.3 Å². The maximum absolute atomic E-state index is 12.6. The molecule has 2 rings (SSSR count). The number of ether oxygens (including phenoxy) is 1. The molecule has 0 saturated carbocycles. The van der Waals surface area contributed by atoms with Gasteiger partial charge in [-0.1, -0.05) is 0 Å². The first-order chi connectivity index (χ1) is 11.6. The molecule has 10 heteroatoms. The van der Waals surface area contributed by atoms with Gasteiger partial charge in [0.15, 0.2) is 0 Å². The summed E-state index contributed by atoms with van der Waals surface area (Å²) in [7, 11) is 0. The van der Waals surface area contributed by atoms with Crippen LogP contribution in [0.5, 0.6) is 5.75 Å². The van der Waals surface area contributed by atoms with Crippen LogP contribution in [-0.4, -0.2) is 17.1 Å². The lowest BCUT2D eigenvalue weighted by molar-refractivity contribution is -0.138. The van der Waals surface area contributed by atoms with E-state index < -0.39 is 36.4 Å². The van der Waals surface area contributed by atoms with Crippen LogP contribution in [0, 0.1) is 0 Å². The predicted octanol–water partition coefficient (Wildman–Crippen LogP) is 3.11. The average Bonchev–Trinajstić information content (AvgIpc) is 2.50. The molecule has 0 radical (unpaired) electrons. The number of aromatic nitrogens is 1. The molecule has 0 saturated heterocycles. The van der Waals surface area contributed by atoms with E-state index in [2.05, 4.69) is 10.1 Å². The van der Waals surface area contributed by atoms with E-state index in [0.717, 1.165) is 0 Å². The number of nitrogens with one attached hydrogen (secondary N) is 1. The second-order valence-electron chi connectivity index (χ2n) is 4.83. The molecule has 0 aliphatic carbocycles. The van der Waals surface area contributed by atoms with Gasteiger partial charge in [0.05, 0.1) is 5.56 Å². The third-order valence-electron chi connectivity index (χ3n) is 2.99. The van der Waals surface area contributed by atoms with Crippen molar-refractivity contribution in [2.75, 3.05) is 5.32 Å². The zero-order valence-electron chi connectivity index (χ0n) is 12.4. The lowest BCUT2D eigenvalue weighted by atomic mass is 10.2. The summed E-state index contributed by atoms with van der Waals surface area (Å²) < 4.78 is 66.7. The first-order valence-electron chi connectivity index (χ1n) is 6.77. The van der Waals surface area contributed by atoms with E-state index in [1.807, 2.05) is 0 Å². The van der Waals surface area contributed by atoms with E-state index in [0.29, 0.717) is 22.9 Å². The summed E-state index contributed by atoms with van der Waals surface area (Å²) >= 11 is 0. The molecule has 0 spiro atoms. The zero-order chi connectivity index (χ0) is 18.6. The van der Waals surface area contributed by atoms with Gasteiger partial charge in [0.2, 0.25) is 5.91 Å². The number of carbonyl (C=O) groups is 1. The number of rotatable bonds is 5. The fourth-order valence-electron chi connectivity index (χ4n) is 1.90. The molecule has 134 valence electrons. The highest BCUT2D eigenvalue weighted by Crippen LogP contribution is 2.28. The van der Waals surface area contributed by atoms with Gasteiger partial charge < -0.3 is 14.6 Å². The normalized spacial score (nSPS) is 11.4. The average molecular weight is 362 g/mol. The Balaban J connectivity index is 2.06. The van der Waals surface area contributed by atoms with Crippen LogP contribution in [0.4, 0.5) is 27.6 Å². The van der Waals surface area contributed by atoms with Crippen molar-refractivity contribution >= 4 is 11.6 Å². The van der Waals surface area contributed by atoms with Crippen LogP contribution in [0.15, 0.2) is 47.4 Å². The fourth-order valence-corrected chi connectivity index (χ4v) is 1.90. The van der Waals surface area contributed by atoms with Crippen molar-refractivity contribution in [3.8, 4) is 5.75 Å². The van der Waals surface area contributed by atoms with Gasteiger partial charge in [-0.15, -0.1) is 0 Å². The number of benzene rings is 1. The van der Waals surface area contributed by atoms with Crippen molar-refractivity contribution in [3.63, 3.8) is 0 Å². The SMILES string of the molecule is O=C(Cn1cc(C(F)(F)F)ccc1=O)Nc1ccc(OC(F)F)cc1. The fraction of sp³-hybridized carbons (Fsp3) is 0.200.